The van der Waals surface area contributed by atoms with Crippen LogP contribution in [0.2, 0.25) is 0 Å². The Morgan fingerprint density at radius 1 is 0.727 bits per heavy atom. The molecule has 0 aliphatic rings. The lowest BCUT2D eigenvalue weighted by Crippen LogP contribution is -2.00. The lowest BCUT2D eigenvalue weighted by molar-refractivity contribution is 0.502. The summed E-state index contributed by atoms with van der Waals surface area (Å²) in [5.41, 5.74) is 0. The molecule has 0 aromatic carbocycles. The molecule has 0 heteroatoms. The maximum absolute atomic E-state index is 5.18. The molecule has 22 heavy (non-hydrogen) atoms. The van der Waals surface area contributed by atoms with Crippen LogP contribution >= 0.6 is 0 Å². The van der Waals surface area contributed by atoms with E-state index >= 15 is 0 Å². The van der Waals surface area contributed by atoms with E-state index in [9.17, 15) is 0 Å². The van der Waals surface area contributed by atoms with Crippen molar-refractivity contribution in [1.82, 2.24) is 0 Å². The molecule has 0 fully saturated rings. The second kappa shape index (κ2) is 14.3. The Balaban J connectivity index is 4.49. The third-order valence-corrected chi connectivity index (χ3v) is 2.93. The monoisotopic (exact) mass is 282 g/mol. The van der Waals surface area contributed by atoms with Crippen molar-refractivity contribution in [2.75, 3.05) is 0 Å². The van der Waals surface area contributed by atoms with E-state index in [-0.39, 0.29) is 5.92 Å². The fourth-order valence-electron chi connectivity index (χ4n) is 1.79. The van der Waals surface area contributed by atoms with Crippen LogP contribution in [0.4, 0.5) is 0 Å². The zero-order valence-electron chi connectivity index (χ0n) is 12.9. The van der Waals surface area contributed by atoms with Gasteiger partial charge in [0.25, 0.3) is 0 Å². The van der Waals surface area contributed by atoms with Crippen LogP contribution in [0.25, 0.3) is 0 Å². The van der Waals surface area contributed by atoms with E-state index in [1.165, 1.54) is 0 Å². The molecule has 0 nitrogen and oxygen atoms in total. The molecule has 0 N–H and O–H groups in total. The summed E-state index contributed by atoms with van der Waals surface area (Å²) in [6.07, 6.45) is 19.9. The molecule has 0 aliphatic heterocycles. The molecular weight excluding hydrogens is 264 g/mol. The van der Waals surface area contributed by atoms with Crippen LogP contribution in [-0.2, 0) is 0 Å². The molecule has 0 saturated carbocycles. The molecule has 106 valence electrons. The Hall–Kier alpha value is -3.08. The van der Waals surface area contributed by atoms with Gasteiger partial charge in [-0.15, -0.1) is 19.3 Å². The van der Waals surface area contributed by atoms with E-state index in [0.29, 0.717) is 12.3 Å². The predicted octanol–water partition coefficient (Wildman–Crippen LogP) is 3.10. The summed E-state index contributed by atoms with van der Waals surface area (Å²) >= 11 is 0. The first-order chi connectivity index (χ1) is 10.8. The fraction of sp³-hybridized carbons (Fsp3) is 0.364. The molecule has 0 aliphatic carbocycles. The van der Waals surface area contributed by atoms with Crippen molar-refractivity contribution >= 4 is 0 Å². The summed E-state index contributed by atoms with van der Waals surface area (Å²) in [4.78, 5) is 0. The maximum atomic E-state index is 5.18. The Kier molecular flexibility index (Phi) is 12.3. The highest BCUT2D eigenvalue weighted by molar-refractivity contribution is 5.34. The van der Waals surface area contributed by atoms with E-state index in [0.717, 1.165) is 25.7 Å². The number of hydrogen-bond donors (Lipinski definition) is 0. The molecule has 0 heterocycles. The zero-order valence-corrected chi connectivity index (χ0v) is 12.9. The molecule has 0 aromatic heterocycles. The van der Waals surface area contributed by atoms with Crippen molar-refractivity contribution < 1.29 is 0 Å². The second-order valence-corrected chi connectivity index (χ2v) is 4.46. The molecule has 2 unspecified atom stereocenters. The largest absolute Gasteiger partial charge is 0.106 e. The minimum Gasteiger partial charge on any atom is -0.106 e. The van der Waals surface area contributed by atoms with Gasteiger partial charge in [-0.05, 0) is 66.6 Å². The average Bonchev–Trinajstić information content (AvgIpc) is 2.54. The number of rotatable bonds is 6. The summed E-state index contributed by atoms with van der Waals surface area (Å²) in [5.74, 6) is 29.6. The first-order valence-electron chi connectivity index (χ1n) is 7.14. The Bertz CT molecular complexity index is 697. The second-order valence-electron chi connectivity index (χ2n) is 4.46. The van der Waals surface area contributed by atoms with Crippen LogP contribution in [0.3, 0.4) is 0 Å². The van der Waals surface area contributed by atoms with E-state index < -0.39 is 0 Å². The van der Waals surface area contributed by atoms with Crippen LogP contribution in [0.5, 0.6) is 0 Å². The van der Waals surface area contributed by atoms with Gasteiger partial charge in [-0.1, -0.05) is 31.1 Å². The van der Waals surface area contributed by atoms with Gasteiger partial charge in [-0.2, -0.15) is 0 Å². The average molecular weight is 282 g/mol. The third kappa shape index (κ3) is 10.8. The molecule has 0 saturated heterocycles. The molecule has 2 atom stereocenters. The Morgan fingerprint density at radius 3 is 1.91 bits per heavy atom. The zero-order chi connectivity index (χ0) is 16.5. The summed E-state index contributed by atoms with van der Waals surface area (Å²) < 4.78 is 0. The van der Waals surface area contributed by atoms with Crippen LogP contribution < -0.4 is 0 Å². The highest BCUT2D eigenvalue weighted by atomic mass is 14.1. The van der Waals surface area contributed by atoms with E-state index in [1.54, 1.807) is 0 Å². The first kappa shape index (κ1) is 18.9. The minimum atomic E-state index is 0.147. The van der Waals surface area contributed by atoms with Crippen molar-refractivity contribution in [1.29, 1.82) is 0 Å². The molecule has 0 aromatic rings. The van der Waals surface area contributed by atoms with E-state index in [1.807, 2.05) is 0 Å². The van der Waals surface area contributed by atoms with Gasteiger partial charge in [-0.25, -0.2) is 0 Å². The van der Waals surface area contributed by atoms with Gasteiger partial charge in [-0.3, -0.25) is 0 Å². The molecule has 0 bridgehead atoms. The standard InChI is InChI=1S/C22H18/c1-5-9-12-13-14-18-22(17-11-7-3)20-15-19-21(8-4)16-10-6-2/h1-3,21-22H,8,15,18-20H2,4H3. The van der Waals surface area contributed by atoms with Gasteiger partial charge in [0.2, 0.25) is 0 Å². The van der Waals surface area contributed by atoms with Gasteiger partial charge in [0.15, 0.2) is 0 Å². The van der Waals surface area contributed by atoms with E-state index in [4.69, 9.17) is 19.3 Å². The molecule has 0 spiro atoms. The summed E-state index contributed by atoms with van der Waals surface area (Å²) in [5, 5.41) is 0. The quantitative estimate of drug-likeness (QED) is 0.657. The summed E-state index contributed by atoms with van der Waals surface area (Å²) in [7, 11) is 0. The van der Waals surface area contributed by atoms with Crippen molar-refractivity contribution in [2.45, 2.75) is 39.0 Å². The van der Waals surface area contributed by atoms with Crippen molar-refractivity contribution in [3.05, 3.63) is 0 Å². The van der Waals surface area contributed by atoms with Crippen LogP contribution in [0.1, 0.15) is 39.0 Å². The third-order valence-electron chi connectivity index (χ3n) is 2.93. The maximum Gasteiger partial charge on any atom is 0.0322 e. The SMILES string of the molecule is C#CC#CC#CCC(C#CC#C)CCCC(C#CC#C)CC. The smallest absolute Gasteiger partial charge is 0.0322 e. The summed E-state index contributed by atoms with van der Waals surface area (Å²) in [6, 6.07) is 0. The highest BCUT2D eigenvalue weighted by Gasteiger charge is 2.07. The van der Waals surface area contributed by atoms with Gasteiger partial charge < -0.3 is 0 Å². The van der Waals surface area contributed by atoms with Crippen LogP contribution in [-0.4, -0.2) is 0 Å². The first-order valence-corrected chi connectivity index (χ1v) is 7.14. The van der Waals surface area contributed by atoms with Crippen molar-refractivity contribution in [3.8, 4) is 84.4 Å². The molecule has 0 rings (SSSR count). The molecule has 0 amide bonds. The van der Waals surface area contributed by atoms with Crippen molar-refractivity contribution in [3.63, 3.8) is 0 Å². The van der Waals surface area contributed by atoms with Gasteiger partial charge in [0, 0.05) is 18.3 Å². The van der Waals surface area contributed by atoms with Gasteiger partial charge >= 0.3 is 0 Å². The van der Waals surface area contributed by atoms with E-state index in [2.05, 4.69) is 72.0 Å². The minimum absolute atomic E-state index is 0.147. The lowest BCUT2D eigenvalue weighted by Gasteiger charge is -2.10. The van der Waals surface area contributed by atoms with Gasteiger partial charge in [0.1, 0.15) is 0 Å². The molecule has 0 radical (unpaired) electrons. The van der Waals surface area contributed by atoms with Gasteiger partial charge in [0.05, 0.1) is 0 Å². The topological polar surface area (TPSA) is 0 Å². The molecular formula is C22H18. The van der Waals surface area contributed by atoms with Crippen LogP contribution in [0, 0.1) is 96.2 Å². The summed E-state index contributed by atoms with van der Waals surface area (Å²) in [6.45, 7) is 2.11. The fourth-order valence-corrected chi connectivity index (χ4v) is 1.79. The lowest BCUT2D eigenvalue weighted by atomic mass is 9.94. The predicted molar refractivity (Wildman–Crippen MR) is 93.3 cm³/mol. The number of hydrogen-bond acceptors (Lipinski definition) is 0. The Morgan fingerprint density at radius 2 is 1.32 bits per heavy atom. The number of terminal acetylenes is 3. The Labute approximate surface area is 135 Å². The van der Waals surface area contributed by atoms with Crippen molar-refractivity contribution in [2.24, 2.45) is 11.8 Å². The normalized spacial score (nSPS) is 9.91. The van der Waals surface area contributed by atoms with Crippen LogP contribution in [0.15, 0.2) is 0 Å². The highest BCUT2D eigenvalue weighted by Crippen LogP contribution is 2.17.